The van der Waals surface area contributed by atoms with Gasteiger partial charge in [0.05, 0.1) is 4.83 Å². The van der Waals surface area contributed by atoms with Crippen molar-refractivity contribution < 1.29 is 4.79 Å². The number of aromatic nitrogens is 2. The molecule has 1 unspecified atom stereocenters. The van der Waals surface area contributed by atoms with E-state index in [1.807, 2.05) is 13.8 Å². The second-order valence-electron chi connectivity index (χ2n) is 3.79. The van der Waals surface area contributed by atoms with Gasteiger partial charge < -0.3 is 0 Å². The molecule has 1 aromatic rings. The van der Waals surface area contributed by atoms with E-state index < -0.39 is 0 Å². The van der Waals surface area contributed by atoms with E-state index in [0.717, 1.165) is 0 Å². The predicted octanol–water partition coefficient (Wildman–Crippen LogP) is 2.80. The fraction of sp³-hybridized carbons (Fsp3) is 0.500. The zero-order valence-corrected chi connectivity index (χ0v) is 11.6. The van der Waals surface area contributed by atoms with Crippen LogP contribution >= 0.6 is 27.5 Å². The van der Waals surface area contributed by atoms with Gasteiger partial charge in [-0.1, -0.05) is 41.4 Å². The minimum absolute atomic E-state index is 0.170. The van der Waals surface area contributed by atoms with Gasteiger partial charge in [0, 0.05) is 5.69 Å². The number of hydrogen-bond donors (Lipinski definition) is 1. The summed E-state index contributed by atoms with van der Waals surface area (Å²) in [5.74, 6) is 0.261. The van der Waals surface area contributed by atoms with E-state index in [9.17, 15) is 4.79 Å². The van der Waals surface area contributed by atoms with Crippen LogP contribution < -0.4 is 5.32 Å². The number of halogens is 2. The fourth-order valence-electron chi connectivity index (χ4n) is 1.07. The van der Waals surface area contributed by atoms with Crippen LogP contribution in [-0.4, -0.2) is 20.7 Å². The highest BCUT2D eigenvalue weighted by Crippen LogP contribution is 2.15. The smallest absolute Gasteiger partial charge is 0.240 e. The third kappa shape index (κ3) is 3.72. The molecule has 1 N–H and O–H groups in total. The summed E-state index contributed by atoms with van der Waals surface area (Å²) in [6.45, 7) is 5.68. The van der Waals surface area contributed by atoms with E-state index in [4.69, 9.17) is 11.6 Å². The molecule has 0 bridgehead atoms. The van der Waals surface area contributed by atoms with E-state index in [0.29, 0.717) is 10.8 Å². The summed E-state index contributed by atoms with van der Waals surface area (Å²) in [5.41, 5.74) is 0.714. The van der Waals surface area contributed by atoms with Crippen molar-refractivity contribution in [2.75, 3.05) is 5.32 Å². The first-order chi connectivity index (χ1) is 7.40. The summed E-state index contributed by atoms with van der Waals surface area (Å²) < 4.78 is 0. The van der Waals surface area contributed by atoms with Gasteiger partial charge in [0.25, 0.3) is 0 Å². The molecule has 1 heterocycles. The Balaban J connectivity index is 2.77. The van der Waals surface area contributed by atoms with Gasteiger partial charge in [-0.2, -0.15) is 0 Å². The zero-order valence-electron chi connectivity index (χ0n) is 9.29. The van der Waals surface area contributed by atoms with E-state index >= 15 is 0 Å². The van der Waals surface area contributed by atoms with Gasteiger partial charge in [-0.15, -0.1) is 0 Å². The summed E-state index contributed by atoms with van der Waals surface area (Å²) in [7, 11) is 0. The summed E-state index contributed by atoms with van der Waals surface area (Å²) in [5, 5.41) is 2.93. The highest BCUT2D eigenvalue weighted by atomic mass is 79.9. The second kappa shape index (κ2) is 5.59. The van der Waals surface area contributed by atoms with Crippen molar-refractivity contribution in [1.82, 2.24) is 9.97 Å². The number of nitrogens with one attached hydrogen (secondary N) is 1. The molecule has 0 aliphatic rings. The fourth-order valence-corrected chi connectivity index (χ4v) is 1.42. The van der Waals surface area contributed by atoms with Crippen LogP contribution in [0.2, 0.25) is 5.15 Å². The molecule has 0 saturated carbocycles. The van der Waals surface area contributed by atoms with Crippen LogP contribution in [0, 0.1) is 12.8 Å². The summed E-state index contributed by atoms with van der Waals surface area (Å²) in [6, 6.07) is 1.63. The molecule has 0 radical (unpaired) electrons. The molecule has 88 valence electrons. The van der Waals surface area contributed by atoms with E-state index in [1.165, 1.54) is 0 Å². The predicted molar refractivity (Wildman–Crippen MR) is 68.0 cm³/mol. The number of amides is 1. The maximum Gasteiger partial charge on any atom is 0.240 e. The van der Waals surface area contributed by atoms with Crippen LogP contribution in [0.4, 0.5) is 5.95 Å². The normalized spacial score (nSPS) is 12.6. The second-order valence-corrected chi connectivity index (χ2v) is 5.16. The number of carbonyl (C=O) groups is 1. The number of anilines is 1. The Bertz CT molecular complexity index is 377. The average Bonchev–Trinajstić information content (AvgIpc) is 2.14. The Morgan fingerprint density at radius 3 is 2.62 bits per heavy atom. The van der Waals surface area contributed by atoms with Crippen molar-refractivity contribution >= 4 is 39.4 Å². The maximum atomic E-state index is 11.7. The van der Waals surface area contributed by atoms with Gasteiger partial charge in [-0.25, -0.2) is 9.97 Å². The van der Waals surface area contributed by atoms with Gasteiger partial charge in [0.15, 0.2) is 0 Å². The van der Waals surface area contributed by atoms with Gasteiger partial charge in [0.1, 0.15) is 5.15 Å². The molecule has 1 amide bonds. The van der Waals surface area contributed by atoms with E-state index in [2.05, 4.69) is 31.2 Å². The molecule has 0 aliphatic heterocycles. The first kappa shape index (κ1) is 13.4. The highest BCUT2D eigenvalue weighted by molar-refractivity contribution is 9.10. The van der Waals surface area contributed by atoms with Crippen molar-refractivity contribution in [3.8, 4) is 0 Å². The van der Waals surface area contributed by atoms with E-state index in [1.54, 1.807) is 13.0 Å². The van der Waals surface area contributed by atoms with Crippen LogP contribution in [-0.2, 0) is 4.79 Å². The molecule has 1 atom stereocenters. The number of aryl methyl sites for hydroxylation is 1. The van der Waals surface area contributed by atoms with Crippen molar-refractivity contribution in [2.45, 2.75) is 25.6 Å². The first-order valence-electron chi connectivity index (χ1n) is 4.86. The number of nitrogens with zero attached hydrogens (tertiary/aromatic N) is 2. The number of alkyl halides is 1. The lowest BCUT2D eigenvalue weighted by atomic mass is 10.1. The molecular weight excluding hydrogens is 293 g/mol. The molecule has 6 heteroatoms. The molecule has 1 rings (SSSR count). The largest absolute Gasteiger partial charge is 0.293 e. The first-order valence-corrected chi connectivity index (χ1v) is 6.15. The van der Waals surface area contributed by atoms with Crippen LogP contribution in [0.25, 0.3) is 0 Å². The van der Waals surface area contributed by atoms with Crippen LogP contribution in [0.3, 0.4) is 0 Å². The lowest BCUT2D eigenvalue weighted by Crippen LogP contribution is -2.27. The lowest BCUT2D eigenvalue weighted by molar-refractivity contribution is -0.116. The standard InChI is InChI=1S/C10H13BrClN3O/c1-5(2)8(11)9(16)15-10-13-6(3)4-7(12)14-10/h4-5,8H,1-3H3,(H,13,14,15,16). The van der Waals surface area contributed by atoms with Crippen LogP contribution in [0.15, 0.2) is 6.07 Å². The van der Waals surface area contributed by atoms with Gasteiger partial charge in [-0.3, -0.25) is 10.1 Å². The molecule has 0 aromatic carbocycles. The number of carbonyl (C=O) groups excluding carboxylic acids is 1. The van der Waals surface area contributed by atoms with Crippen LogP contribution in [0.5, 0.6) is 0 Å². The van der Waals surface area contributed by atoms with Crippen molar-refractivity contribution in [3.63, 3.8) is 0 Å². The Morgan fingerprint density at radius 1 is 1.50 bits per heavy atom. The van der Waals surface area contributed by atoms with Gasteiger partial charge in [0.2, 0.25) is 11.9 Å². The molecule has 1 aromatic heterocycles. The lowest BCUT2D eigenvalue weighted by Gasteiger charge is -2.12. The Morgan fingerprint density at radius 2 is 2.12 bits per heavy atom. The highest BCUT2D eigenvalue weighted by Gasteiger charge is 2.19. The molecule has 0 spiro atoms. The monoisotopic (exact) mass is 305 g/mol. The van der Waals surface area contributed by atoms with E-state index in [-0.39, 0.29) is 22.6 Å². The van der Waals surface area contributed by atoms with Crippen LogP contribution in [0.1, 0.15) is 19.5 Å². The average molecular weight is 307 g/mol. The third-order valence-electron chi connectivity index (χ3n) is 1.89. The number of hydrogen-bond acceptors (Lipinski definition) is 3. The summed E-state index contributed by atoms with van der Waals surface area (Å²) in [4.78, 5) is 19.4. The summed E-state index contributed by atoms with van der Waals surface area (Å²) in [6.07, 6.45) is 0. The molecule has 0 fully saturated rings. The Labute approximate surface area is 108 Å². The quantitative estimate of drug-likeness (QED) is 0.690. The molecule has 0 saturated heterocycles. The minimum atomic E-state index is -0.268. The van der Waals surface area contributed by atoms with Gasteiger partial charge in [-0.05, 0) is 18.9 Å². The van der Waals surface area contributed by atoms with Crippen molar-refractivity contribution in [1.29, 1.82) is 0 Å². The summed E-state index contributed by atoms with van der Waals surface area (Å²) >= 11 is 9.06. The third-order valence-corrected chi connectivity index (χ3v) is 3.56. The van der Waals surface area contributed by atoms with Gasteiger partial charge >= 0.3 is 0 Å². The molecular formula is C10H13BrClN3O. The maximum absolute atomic E-state index is 11.7. The Kier molecular flexibility index (Phi) is 4.68. The van der Waals surface area contributed by atoms with Crippen molar-refractivity contribution in [2.24, 2.45) is 5.92 Å². The minimum Gasteiger partial charge on any atom is -0.293 e. The zero-order chi connectivity index (χ0) is 12.3. The number of rotatable bonds is 3. The molecule has 16 heavy (non-hydrogen) atoms. The molecule has 0 aliphatic carbocycles. The SMILES string of the molecule is Cc1cc(Cl)nc(NC(=O)C(Br)C(C)C)n1. The topological polar surface area (TPSA) is 54.9 Å². The molecule has 4 nitrogen and oxygen atoms in total. The van der Waals surface area contributed by atoms with Crippen molar-refractivity contribution in [3.05, 3.63) is 16.9 Å². The Hall–Kier alpha value is -0.680.